The quantitative estimate of drug-likeness (QED) is 0.351. The van der Waals surface area contributed by atoms with Gasteiger partial charge in [-0.15, -0.1) is 10.2 Å². The molecule has 7 heteroatoms. The fourth-order valence-corrected chi connectivity index (χ4v) is 4.53. The Balaban J connectivity index is 1.55. The summed E-state index contributed by atoms with van der Waals surface area (Å²) >= 11 is 1.41. The monoisotopic (exact) mass is 471 g/mol. The van der Waals surface area contributed by atoms with Gasteiger partial charge in [-0.2, -0.15) is 0 Å². The molecule has 2 unspecified atom stereocenters. The standard InChI is InChI=1S/C27H29N5OS/c1-18-10-11-24(16-19(18)2)32-25(23-12-14-28-15-13-23)30-31-27(32)34-21(4)26(33)29-17-20(3)22-8-6-5-7-9-22/h5-16,20-21H,17H2,1-4H3,(H,29,33). The number of pyridine rings is 1. The van der Waals surface area contributed by atoms with Gasteiger partial charge in [0, 0.05) is 24.5 Å². The zero-order chi connectivity index (χ0) is 24.1. The van der Waals surface area contributed by atoms with Crippen LogP contribution in [0.3, 0.4) is 0 Å². The van der Waals surface area contributed by atoms with Gasteiger partial charge < -0.3 is 5.32 Å². The smallest absolute Gasteiger partial charge is 0.233 e. The molecule has 0 fully saturated rings. The maximum atomic E-state index is 12.9. The van der Waals surface area contributed by atoms with E-state index in [2.05, 4.69) is 71.6 Å². The van der Waals surface area contributed by atoms with E-state index < -0.39 is 0 Å². The van der Waals surface area contributed by atoms with Crippen LogP contribution in [0.25, 0.3) is 17.1 Å². The molecule has 0 bridgehead atoms. The Morgan fingerprint density at radius 3 is 2.41 bits per heavy atom. The average Bonchev–Trinajstić information content (AvgIpc) is 3.28. The van der Waals surface area contributed by atoms with Crippen molar-refractivity contribution in [3.05, 3.63) is 89.7 Å². The number of thioether (sulfide) groups is 1. The molecule has 6 nitrogen and oxygen atoms in total. The van der Waals surface area contributed by atoms with Crippen molar-refractivity contribution in [3.63, 3.8) is 0 Å². The van der Waals surface area contributed by atoms with E-state index >= 15 is 0 Å². The predicted molar refractivity (Wildman–Crippen MR) is 137 cm³/mol. The van der Waals surface area contributed by atoms with Gasteiger partial charge in [0.05, 0.1) is 10.9 Å². The fraction of sp³-hybridized carbons (Fsp3) is 0.259. The van der Waals surface area contributed by atoms with Crippen LogP contribution in [0, 0.1) is 13.8 Å². The Morgan fingerprint density at radius 2 is 1.71 bits per heavy atom. The number of aromatic nitrogens is 4. The number of hydrogen-bond donors (Lipinski definition) is 1. The first-order valence-electron chi connectivity index (χ1n) is 11.4. The van der Waals surface area contributed by atoms with E-state index in [0.717, 1.165) is 17.1 Å². The van der Waals surface area contributed by atoms with E-state index in [4.69, 9.17) is 0 Å². The Kier molecular flexibility index (Phi) is 7.43. The number of hydrogen-bond acceptors (Lipinski definition) is 5. The van der Waals surface area contributed by atoms with Gasteiger partial charge in [0.15, 0.2) is 11.0 Å². The number of amides is 1. The molecule has 0 aliphatic heterocycles. The normalized spacial score (nSPS) is 12.8. The van der Waals surface area contributed by atoms with Crippen LogP contribution in [0.1, 0.15) is 36.5 Å². The van der Waals surface area contributed by atoms with E-state index in [1.54, 1.807) is 12.4 Å². The van der Waals surface area contributed by atoms with Crippen molar-refractivity contribution < 1.29 is 4.79 Å². The minimum Gasteiger partial charge on any atom is -0.355 e. The van der Waals surface area contributed by atoms with Gasteiger partial charge in [-0.1, -0.05) is 55.1 Å². The van der Waals surface area contributed by atoms with E-state index in [0.29, 0.717) is 11.7 Å². The van der Waals surface area contributed by atoms with Gasteiger partial charge in [0.1, 0.15) is 0 Å². The summed E-state index contributed by atoms with van der Waals surface area (Å²) in [6.45, 7) is 8.78. The van der Waals surface area contributed by atoms with Crippen LogP contribution in [0.2, 0.25) is 0 Å². The van der Waals surface area contributed by atoms with Crippen LogP contribution in [0.15, 0.2) is 78.2 Å². The molecule has 174 valence electrons. The lowest BCUT2D eigenvalue weighted by Crippen LogP contribution is -2.33. The summed E-state index contributed by atoms with van der Waals surface area (Å²) in [5.41, 5.74) is 5.49. The fourth-order valence-electron chi connectivity index (χ4n) is 3.64. The van der Waals surface area contributed by atoms with Gasteiger partial charge in [-0.3, -0.25) is 14.3 Å². The Hall–Kier alpha value is -3.45. The predicted octanol–water partition coefficient (Wildman–Crippen LogP) is 5.35. The Morgan fingerprint density at radius 1 is 0.971 bits per heavy atom. The molecule has 34 heavy (non-hydrogen) atoms. The molecule has 2 aromatic carbocycles. The molecule has 2 aromatic heterocycles. The third-order valence-corrected chi connectivity index (χ3v) is 6.97. The first-order valence-corrected chi connectivity index (χ1v) is 12.2. The van der Waals surface area contributed by atoms with Crippen LogP contribution < -0.4 is 5.32 Å². The van der Waals surface area contributed by atoms with Gasteiger partial charge in [0.25, 0.3) is 0 Å². The highest BCUT2D eigenvalue weighted by atomic mass is 32.2. The average molecular weight is 472 g/mol. The van der Waals surface area contributed by atoms with Crippen molar-refractivity contribution >= 4 is 17.7 Å². The zero-order valence-electron chi connectivity index (χ0n) is 19.9. The second-order valence-corrected chi connectivity index (χ2v) is 9.77. The number of nitrogens with one attached hydrogen (secondary N) is 1. The maximum absolute atomic E-state index is 12.9. The molecule has 1 N–H and O–H groups in total. The van der Waals surface area contributed by atoms with Crippen LogP contribution >= 0.6 is 11.8 Å². The molecule has 4 rings (SSSR count). The van der Waals surface area contributed by atoms with Crippen LogP contribution in [-0.2, 0) is 4.79 Å². The molecule has 0 saturated heterocycles. The lowest BCUT2D eigenvalue weighted by Gasteiger charge is -2.17. The van der Waals surface area contributed by atoms with Gasteiger partial charge in [-0.05, 0) is 67.6 Å². The minimum absolute atomic E-state index is 0.0205. The van der Waals surface area contributed by atoms with Crippen molar-refractivity contribution in [1.29, 1.82) is 0 Å². The summed E-state index contributed by atoms with van der Waals surface area (Å²) in [6.07, 6.45) is 3.48. The minimum atomic E-state index is -0.331. The number of benzene rings is 2. The molecular weight excluding hydrogens is 442 g/mol. The summed E-state index contributed by atoms with van der Waals surface area (Å²) in [7, 11) is 0. The van der Waals surface area contributed by atoms with Gasteiger partial charge in [0.2, 0.25) is 5.91 Å². The number of carbonyl (C=O) groups is 1. The van der Waals surface area contributed by atoms with E-state index in [1.165, 1.54) is 28.5 Å². The molecule has 0 saturated carbocycles. The zero-order valence-corrected chi connectivity index (χ0v) is 20.7. The highest BCUT2D eigenvalue weighted by molar-refractivity contribution is 8.00. The number of carbonyl (C=O) groups excluding carboxylic acids is 1. The summed E-state index contributed by atoms with van der Waals surface area (Å²) in [4.78, 5) is 17.0. The summed E-state index contributed by atoms with van der Waals surface area (Å²) in [5, 5.41) is 12.4. The molecule has 2 atom stereocenters. The highest BCUT2D eigenvalue weighted by Gasteiger charge is 2.22. The van der Waals surface area contributed by atoms with E-state index in [9.17, 15) is 4.79 Å². The number of rotatable bonds is 8. The lowest BCUT2D eigenvalue weighted by molar-refractivity contribution is -0.120. The van der Waals surface area contributed by atoms with E-state index in [1.807, 2.05) is 41.8 Å². The van der Waals surface area contributed by atoms with Crippen LogP contribution in [0.4, 0.5) is 0 Å². The molecule has 0 aliphatic carbocycles. The van der Waals surface area contributed by atoms with Crippen molar-refractivity contribution in [2.45, 2.75) is 44.0 Å². The van der Waals surface area contributed by atoms with Crippen molar-refractivity contribution in [2.24, 2.45) is 0 Å². The largest absolute Gasteiger partial charge is 0.355 e. The van der Waals surface area contributed by atoms with Crippen molar-refractivity contribution in [2.75, 3.05) is 6.54 Å². The Bertz CT molecular complexity index is 1260. The third-order valence-electron chi connectivity index (χ3n) is 5.92. The number of aryl methyl sites for hydroxylation is 2. The SMILES string of the molecule is Cc1ccc(-n2c(SC(C)C(=O)NCC(C)c3ccccc3)nnc2-c2ccncc2)cc1C. The third kappa shape index (κ3) is 5.37. The molecule has 4 aromatic rings. The number of nitrogens with zero attached hydrogens (tertiary/aromatic N) is 4. The van der Waals surface area contributed by atoms with Crippen molar-refractivity contribution in [1.82, 2.24) is 25.1 Å². The van der Waals surface area contributed by atoms with Crippen LogP contribution in [-0.4, -0.2) is 37.5 Å². The molecule has 1 amide bonds. The van der Waals surface area contributed by atoms with E-state index in [-0.39, 0.29) is 17.1 Å². The summed E-state index contributed by atoms with van der Waals surface area (Å²) in [5.74, 6) is 0.936. The molecule has 0 radical (unpaired) electrons. The first-order chi connectivity index (χ1) is 16.4. The summed E-state index contributed by atoms with van der Waals surface area (Å²) in [6, 6.07) is 20.3. The Labute approximate surface area is 204 Å². The van der Waals surface area contributed by atoms with Gasteiger partial charge in [-0.25, -0.2) is 0 Å². The van der Waals surface area contributed by atoms with Crippen LogP contribution in [0.5, 0.6) is 0 Å². The second-order valence-electron chi connectivity index (χ2n) is 8.46. The topological polar surface area (TPSA) is 72.7 Å². The lowest BCUT2D eigenvalue weighted by atomic mass is 10.0. The first kappa shape index (κ1) is 23.7. The van der Waals surface area contributed by atoms with Gasteiger partial charge >= 0.3 is 0 Å². The summed E-state index contributed by atoms with van der Waals surface area (Å²) < 4.78 is 2.02. The molecule has 0 spiro atoms. The molecule has 2 heterocycles. The maximum Gasteiger partial charge on any atom is 0.233 e. The van der Waals surface area contributed by atoms with Crippen molar-refractivity contribution in [3.8, 4) is 17.1 Å². The highest BCUT2D eigenvalue weighted by Crippen LogP contribution is 2.30. The second kappa shape index (κ2) is 10.7. The molecular formula is C27H29N5OS. The molecule has 0 aliphatic rings.